The van der Waals surface area contributed by atoms with E-state index in [1.807, 2.05) is 72.1 Å². The minimum absolute atomic E-state index is 0.120. The Morgan fingerprint density at radius 2 is 1.69 bits per heavy atom. The zero-order valence-corrected chi connectivity index (χ0v) is 18.5. The topological polar surface area (TPSA) is 69.7 Å². The van der Waals surface area contributed by atoms with Gasteiger partial charge in [-0.25, -0.2) is 4.98 Å². The van der Waals surface area contributed by atoms with Crippen LogP contribution in [-0.2, 0) is 4.79 Å². The summed E-state index contributed by atoms with van der Waals surface area (Å²) in [6, 6.07) is 23.1. The SMILES string of the molecule is COc1ccc(-c2csc(NC(=O)COc3ccccc3-c3ccccc3)n2)c(OC)c1. The number of methoxy groups -OCH3 is 2. The van der Waals surface area contributed by atoms with Gasteiger partial charge < -0.3 is 14.2 Å². The van der Waals surface area contributed by atoms with Gasteiger partial charge in [0.05, 0.1) is 19.9 Å². The normalized spacial score (nSPS) is 10.4. The lowest BCUT2D eigenvalue weighted by atomic mass is 10.1. The van der Waals surface area contributed by atoms with E-state index in [4.69, 9.17) is 14.2 Å². The van der Waals surface area contributed by atoms with Crippen LogP contribution in [0.3, 0.4) is 0 Å². The van der Waals surface area contributed by atoms with Crippen molar-refractivity contribution >= 4 is 22.4 Å². The predicted octanol–water partition coefficient (Wildman–Crippen LogP) is 5.51. The molecule has 1 N–H and O–H groups in total. The van der Waals surface area contributed by atoms with E-state index in [2.05, 4.69) is 10.3 Å². The van der Waals surface area contributed by atoms with E-state index in [0.717, 1.165) is 16.7 Å². The van der Waals surface area contributed by atoms with Crippen molar-refractivity contribution in [3.05, 3.63) is 78.2 Å². The van der Waals surface area contributed by atoms with Gasteiger partial charge in [0, 0.05) is 22.6 Å². The molecular weight excluding hydrogens is 424 g/mol. The molecule has 0 aliphatic carbocycles. The Hall–Kier alpha value is -3.84. The van der Waals surface area contributed by atoms with E-state index in [1.54, 1.807) is 20.3 Å². The van der Waals surface area contributed by atoms with Gasteiger partial charge in [-0.05, 0) is 23.8 Å². The fraction of sp³-hybridized carbons (Fsp3) is 0.120. The highest BCUT2D eigenvalue weighted by atomic mass is 32.1. The summed E-state index contributed by atoms with van der Waals surface area (Å²) in [5, 5.41) is 5.15. The third kappa shape index (κ3) is 4.90. The minimum atomic E-state index is -0.282. The summed E-state index contributed by atoms with van der Waals surface area (Å²) in [6.07, 6.45) is 0. The molecular formula is C25H22N2O4S. The van der Waals surface area contributed by atoms with Crippen molar-refractivity contribution in [1.82, 2.24) is 4.98 Å². The molecule has 162 valence electrons. The van der Waals surface area contributed by atoms with Gasteiger partial charge in [-0.15, -0.1) is 11.3 Å². The van der Waals surface area contributed by atoms with Crippen LogP contribution in [0.4, 0.5) is 5.13 Å². The van der Waals surface area contributed by atoms with E-state index in [1.165, 1.54) is 11.3 Å². The summed E-state index contributed by atoms with van der Waals surface area (Å²) in [5.74, 6) is 1.71. The molecule has 0 aliphatic rings. The molecule has 1 aromatic heterocycles. The third-order valence-electron chi connectivity index (χ3n) is 4.77. The van der Waals surface area contributed by atoms with Crippen LogP contribution < -0.4 is 19.5 Å². The Kier molecular flexibility index (Phi) is 6.67. The van der Waals surface area contributed by atoms with Crippen LogP contribution in [0.1, 0.15) is 0 Å². The lowest BCUT2D eigenvalue weighted by molar-refractivity contribution is -0.118. The smallest absolute Gasteiger partial charge is 0.264 e. The fourth-order valence-corrected chi connectivity index (χ4v) is 3.94. The number of nitrogens with zero attached hydrogens (tertiary/aromatic N) is 1. The molecule has 0 aliphatic heterocycles. The van der Waals surface area contributed by atoms with Gasteiger partial charge in [-0.1, -0.05) is 48.5 Å². The van der Waals surface area contributed by atoms with Crippen LogP contribution in [-0.4, -0.2) is 31.7 Å². The molecule has 4 aromatic rings. The highest BCUT2D eigenvalue weighted by Gasteiger charge is 2.14. The molecule has 0 spiro atoms. The molecule has 0 saturated heterocycles. The first-order valence-corrected chi connectivity index (χ1v) is 10.8. The summed E-state index contributed by atoms with van der Waals surface area (Å²) in [4.78, 5) is 17.0. The molecule has 3 aromatic carbocycles. The Morgan fingerprint density at radius 1 is 0.906 bits per heavy atom. The van der Waals surface area contributed by atoms with E-state index in [-0.39, 0.29) is 12.5 Å². The first-order valence-electron chi connectivity index (χ1n) is 9.93. The van der Waals surface area contributed by atoms with Crippen LogP contribution in [0.15, 0.2) is 78.2 Å². The van der Waals surface area contributed by atoms with E-state index < -0.39 is 0 Å². The van der Waals surface area contributed by atoms with Gasteiger partial charge in [0.15, 0.2) is 11.7 Å². The standard InChI is InChI=1S/C25H22N2O4S/c1-29-18-12-13-20(23(14-18)30-2)21-16-32-25(26-21)27-24(28)15-31-22-11-7-6-10-19(22)17-8-4-3-5-9-17/h3-14,16H,15H2,1-2H3,(H,26,27,28). The number of hydrogen-bond acceptors (Lipinski definition) is 6. The molecule has 0 bridgehead atoms. The summed E-state index contributed by atoms with van der Waals surface area (Å²) < 4.78 is 16.5. The number of amides is 1. The Morgan fingerprint density at radius 3 is 2.47 bits per heavy atom. The van der Waals surface area contributed by atoms with Gasteiger partial charge in [0.25, 0.3) is 5.91 Å². The maximum Gasteiger partial charge on any atom is 0.264 e. The number of para-hydroxylation sites is 1. The van der Waals surface area contributed by atoms with Crippen molar-refractivity contribution in [2.75, 3.05) is 26.1 Å². The number of ether oxygens (including phenoxy) is 3. The van der Waals surface area contributed by atoms with Crippen LogP contribution >= 0.6 is 11.3 Å². The van der Waals surface area contributed by atoms with Gasteiger partial charge >= 0.3 is 0 Å². The van der Waals surface area contributed by atoms with Crippen molar-refractivity contribution in [3.8, 4) is 39.6 Å². The summed E-state index contributed by atoms with van der Waals surface area (Å²) in [7, 11) is 3.20. The van der Waals surface area contributed by atoms with Gasteiger partial charge in [0.1, 0.15) is 17.2 Å². The van der Waals surface area contributed by atoms with Crippen molar-refractivity contribution in [2.45, 2.75) is 0 Å². The van der Waals surface area contributed by atoms with Crippen LogP contribution in [0, 0.1) is 0 Å². The average Bonchev–Trinajstić information content (AvgIpc) is 3.31. The first kappa shape index (κ1) is 21.4. The number of aromatic nitrogens is 1. The molecule has 1 amide bonds. The third-order valence-corrected chi connectivity index (χ3v) is 5.52. The zero-order chi connectivity index (χ0) is 22.3. The number of thiazole rings is 1. The quantitative estimate of drug-likeness (QED) is 0.386. The summed E-state index contributed by atoms with van der Waals surface area (Å²) in [5.41, 5.74) is 3.49. The molecule has 6 nitrogen and oxygen atoms in total. The fourth-order valence-electron chi connectivity index (χ4n) is 3.21. The number of carbonyl (C=O) groups is 1. The number of nitrogens with one attached hydrogen (secondary N) is 1. The Balaban J connectivity index is 1.42. The van der Waals surface area contributed by atoms with E-state index in [0.29, 0.717) is 28.1 Å². The second kappa shape index (κ2) is 9.98. The highest BCUT2D eigenvalue weighted by Crippen LogP contribution is 2.35. The molecule has 0 fully saturated rings. The van der Waals surface area contributed by atoms with E-state index >= 15 is 0 Å². The number of rotatable bonds is 8. The average molecular weight is 447 g/mol. The molecule has 0 saturated carbocycles. The monoisotopic (exact) mass is 446 g/mol. The largest absolute Gasteiger partial charge is 0.497 e. The number of anilines is 1. The predicted molar refractivity (Wildman–Crippen MR) is 127 cm³/mol. The summed E-state index contributed by atoms with van der Waals surface area (Å²) >= 11 is 1.34. The maximum atomic E-state index is 12.5. The Bertz CT molecular complexity index is 1210. The van der Waals surface area contributed by atoms with Gasteiger partial charge in [0.2, 0.25) is 0 Å². The zero-order valence-electron chi connectivity index (χ0n) is 17.7. The lowest BCUT2D eigenvalue weighted by Crippen LogP contribution is -2.20. The van der Waals surface area contributed by atoms with Crippen molar-refractivity contribution in [3.63, 3.8) is 0 Å². The minimum Gasteiger partial charge on any atom is -0.497 e. The van der Waals surface area contributed by atoms with Crippen molar-refractivity contribution in [1.29, 1.82) is 0 Å². The van der Waals surface area contributed by atoms with Crippen LogP contribution in [0.25, 0.3) is 22.4 Å². The van der Waals surface area contributed by atoms with Crippen LogP contribution in [0.5, 0.6) is 17.2 Å². The molecule has 32 heavy (non-hydrogen) atoms. The van der Waals surface area contributed by atoms with Crippen molar-refractivity contribution in [2.24, 2.45) is 0 Å². The second-order valence-corrected chi connectivity index (χ2v) is 7.66. The molecule has 7 heteroatoms. The van der Waals surface area contributed by atoms with E-state index in [9.17, 15) is 4.79 Å². The molecule has 4 rings (SSSR count). The van der Waals surface area contributed by atoms with Crippen molar-refractivity contribution < 1.29 is 19.0 Å². The number of hydrogen-bond donors (Lipinski definition) is 1. The number of carbonyl (C=O) groups excluding carboxylic acids is 1. The Labute approximate surface area is 190 Å². The highest BCUT2D eigenvalue weighted by molar-refractivity contribution is 7.14. The second-order valence-electron chi connectivity index (χ2n) is 6.80. The lowest BCUT2D eigenvalue weighted by Gasteiger charge is -2.11. The molecule has 1 heterocycles. The van der Waals surface area contributed by atoms with Gasteiger partial charge in [-0.2, -0.15) is 0 Å². The molecule has 0 radical (unpaired) electrons. The van der Waals surface area contributed by atoms with Gasteiger partial charge in [-0.3, -0.25) is 10.1 Å². The van der Waals surface area contributed by atoms with Crippen LogP contribution in [0.2, 0.25) is 0 Å². The maximum absolute atomic E-state index is 12.5. The number of benzene rings is 3. The molecule has 0 atom stereocenters. The summed E-state index contributed by atoms with van der Waals surface area (Å²) in [6.45, 7) is -0.120. The first-order chi connectivity index (χ1) is 15.7. The molecule has 0 unspecified atom stereocenters.